The summed E-state index contributed by atoms with van der Waals surface area (Å²) in [5.74, 6) is 1.14. The average Bonchev–Trinajstić information content (AvgIpc) is 2.54. The molecule has 2 rings (SSSR count). The Labute approximate surface area is 87.6 Å². The first-order valence-corrected chi connectivity index (χ1v) is 9.43. The van der Waals surface area contributed by atoms with Crippen molar-refractivity contribution in [3.05, 3.63) is 11.1 Å². The topological polar surface area (TPSA) is 17.1 Å². The second-order valence-corrected chi connectivity index (χ2v) is 11.4. The van der Waals surface area contributed by atoms with Crippen LogP contribution in [0.1, 0.15) is 25.7 Å². The highest BCUT2D eigenvalue weighted by Crippen LogP contribution is 2.43. The van der Waals surface area contributed by atoms with Gasteiger partial charge in [-0.3, -0.25) is 4.79 Å². The highest BCUT2D eigenvalue weighted by Gasteiger charge is 2.36. The third-order valence-corrected chi connectivity index (χ3v) is 4.77. The van der Waals surface area contributed by atoms with E-state index in [0.717, 1.165) is 12.5 Å². The second-order valence-electron chi connectivity index (χ2n) is 5.96. The lowest BCUT2D eigenvalue weighted by molar-refractivity contribution is -0.115. The minimum atomic E-state index is -1.10. The molecule has 0 bridgehead atoms. The quantitative estimate of drug-likeness (QED) is 0.636. The molecule has 1 unspecified atom stereocenters. The first-order chi connectivity index (χ1) is 6.47. The lowest BCUT2D eigenvalue weighted by Gasteiger charge is -2.16. The van der Waals surface area contributed by atoms with E-state index in [4.69, 9.17) is 0 Å². The van der Waals surface area contributed by atoms with Gasteiger partial charge in [0.05, 0.1) is 0 Å². The Morgan fingerprint density at radius 3 is 2.71 bits per heavy atom. The molecule has 0 saturated heterocycles. The number of rotatable bonds is 2. The maximum Gasteiger partial charge on any atom is 0.159 e. The normalized spacial score (nSPS) is 27.4. The minimum Gasteiger partial charge on any atom is -0.295 e. The van der Waals surface area contributed by atoms with Crippen LogP contribution in [0.3, 0.4) is 0 Å². The van der Waals surface area contributed by atoms with E-state index in [1.165, 1.54) is 24.8 Å². The predicted octanol–water partition coefficient (Wildman–Crippen LogP) is 3.39. The van der Waals surface area contributed by atoms with Crippen LogP contribution in [0.15, 0.2) is 11.1 Å². The van der Waals surface area contributed by atoms with Crippen LogP contribution >= 0.6 is 0 Å². The maximum atomic E-state index is 11.8. The standard InChI is InChI=1S/C12H20OSi/c1-14(2,3)8-11-10-6-4-5-9(10)7-12(11)13/h9H,4-8H2,1-3H3. The number of Topliss-reactive ketones (excluding diaryl/α,β-unsaturated/α-hetero) is 1. The number of carbonyl (C=O) groups is 1. The second kappa shape index (κ2) is 3.33. The summed E-state index contributed by atoms with van der Waals surface area (Å²) in [7, 11) is -1.10. The zero-order chi connectivity index (χ0) is 10.3. The van der Waals surface area contributed by atoms with Gasteiger partial charge in [-0.25, -0.2) is 0 Å². The molecule has 1 nitrogen and oxygen atoms in total. The molecule has 2 heteroatoms. The largest absolute Gasteiger partial charge is 0.295 e. The monoisotopic (exact) mass is 208 g/mol. The van der Waals surface area contributed by atoms with Crippen LogP contribution < -0.4 is 0 Å². The molecular weight excluding hydrogens is 188 g/mol. The molecule has 78 valence electrons. The van der Waals surface area contributed by atoms with Crippen molar-refractivity contribution < 1.29 is 4.79 Å². The number of ketones is 1. The van der Waals surface area contributed by atoms with Crippen molar-refractivity contribution in [2.75, 3.05) is 0 Å². The van der Waals surface area contributed by atoms with Crippen molar-refractivity contribution in [3.8, 4) is 0 Å². The van der Waals surface area contributed by atoms with Crippen LogP contribution in [-0.4, -0.2) is 13.9 Å². The summed E-state index contributed by atoms with van der Waals surface area (Å²) >= 11 is 0. The highest BCUT2D eigenvalue weighted by molar-refractivity contribution is 6.77. The van der Waals surface area contributed by atoms with E-state index in [1.54, 1.807) is 5.57 Å². The molecule has 0 aromatic heterocycles. The molecule has 2 aliphatic carbocycles. The van der Waals surface area contributed by atoms with E-state index in [-0.39, 0.29) is 0 Å². The summed E-state index contributed by atoms with van der Waals surface area (Å²) in [6, 6.07) is 1.12. The zero-order valence-corrected chi connectivity index (χ0v) is 10.5. The molecule has 0 heterocycles. The van der Waals surface area contributed by atoms with Crippen LogP contribution in [0.5, 0.6) is 0 Å². The molecule has 14 heavy (non-hydrogen) atoms. The van der Waals surface area contributed by atoms with E-state index >= 15 is 0 Å². The van der Waals surface area contributed by atoms with Crippen LogP contribution in [0.25, 0.3) is 0 Å². The molecule has 0 spiro atoms. The van der Waals surface area contributed by atoms with Gasteiger partial charge in [-0.15, -0.1) is 0 Å². The molecule has 2 aliphatic rings. The number of fused-ring (bicyclic) bond motifs is 1. The molecule has 1 fully saturated rings. The van der Waals surface area contributed by atoms with E-state index in [0.29, 0.717) is 11.7 Å². The van der Waals surface area contributed by atoms with Gasteiger partial charge in [0.25, 0.3) is 0 Å². The fraction of sp³-hybridized carbons (Fsp3) is 0.750. The lowest BCUT2D eigenvalue weighted by Crippen LogP contribution is -2.21. The number of allylic oxidation sites excluding steroid dienone is 2. The van der Waals surface area contributed by atoms with Crippen molar-refractivity contribution in [2.24, 2.45) is 5.92 Å². The third kappa shape index (κ3) is 1.85. The number of hydrogen-bond acceptors (Lipinski definition) is 1. The molecular formula is C12H20OSi. The van der Waals surface area contributed by atoms with Gasteiger partial charge in [0.15, 0.2) is 5.78 Å². The fourth-order valence-electron chi connectivity index (χ4n) is 2.81. The van der Waals surface area contributed by atoms with E-state index < -0.39 is 8.07 Å². The molecule has 0 N–H and O–H groups in total. The Balaban J connectivity index is 2.23. The molecule has 0 radical (unpaired) electrons. The first kappa shape index (κ1) is 10.2. The van der Waals surface area contributed by atoms with Crippen LogP contribution in [0.2, 0.25) is 25.7 Å². The summed E-state index contributed by atoms with van der Waals surface area (Å²) < 4.78 is 0. The summed E-state index contributed by atoms with van der Waals surface area (Å²) in [6.07, 6.45) is 4.66. The first-order valence-electron chi connectivity index (χ1n) is 5.72. The lowest BCUT2D eigenvalue weighted by atomic mass is 10.1. The molecule has 0 aliphatic heterocycles. The molecule has 1 saturated carbocycles. The van der Waals surface area contributed by atoms with Gasteiger partial charge < -0.3 is 0 Å². The molecule has 0 aromatic rings. The maximum absolute atomic E-state index is 11.8. The molecule has 0 amide bonds. The van der Waals surface area contributed by atoms with Crippen molar-refractivity contribution in [1.29, 1.82) is 0 Å². The van der Waals surface area contributed by atoms with Gasteiger partial charge in [-0.2, -0.15) is 0 Å². The van der Waals surface area contributed by atoms with Gasteiger partial charge in [0.2, 0.25) is 0 Å². The van der Waals surface area contributed by atoms with Gasteiger partial charge in [0.1, 0.15) is 0 Å². The predicted molar refractivity (Wildman–Crippen MR) is 62.1 cm³/mol. The molecule has 1 atom stereocenters. The average molecular weight is 208 g/mol. The van der Waals surface area contributed by atoms with Crippen molar-refractivity contribution in [3.63, 3.8) is 0 Å². The summed E-state index contributed by atoms with van der Waals surface area (Å²) in [5.41, 5.74) is 2.81. The Morgan fingerprint density at radius 2 is 2.07 bits per heavy atom. The molecule has 0 aromatic carbocycles. The van der Waals surface area contributed by atoms with Crippen LogP contribution in [0.4, 0.5) is 0 Å². The van der Waals surface area contributed by atoms with Gasteiger partial charge in [-0.05, 0) is 36.8 Å². The van der Waals surface area contributed by atoms with Crippen molar-refractivity contribution in [1.82, 2.24) is 0 Å². The van der Waals surface area contributed by atoms with E-state index in [1.807, 2.05) is 0 Å². The van der Waals surface area contributed by atoms with E-state index in [9.17, 15) is 4.79 Å². The van der Waals surface area contributed by atoms with Crippen molar-refractivity contribution >= 4 is 13.9 Å². The smallest absolute Gasteiger partial charge is 0.159 e. The number of hydrogen-bond donors (Lipinski definition) is 0. The van der Waals surface area contributed by atoms with Gasteiger partial charge >= 0.3 is 0 Å². The van der Waals surface area contributed by atoms with Gasteiger partial charge in [0, 0.05) is 14.5 Å². The Hall–Kier alpha value is -0.373. The zero-order valence-electron chi connectivity index (χ0n) is 9.52. The van der Waals surface area contributed by atoms with Gasteiger partial charge in [-0.1, -0.05) is 25.2 Å². The van der Waals surface area contributed by atoms with Crippen LogP contribution in [-0.2, 0) is 4.79 Å². The number of carbonyl (C=O) groups excluding carboxylic acids is 1. The Kier molecular flexibility index (Phi) is 2.42. The summed E-state index contributed by atoms with van der Waals surface area (Å²) in [4.78, 5) is 11.8. The summed E-state index contributed by atoms with van der Waals surface area (Å²) in [6.45, 7) is 7.07. The van der Waals surface area contributed by atoms with E-state index in [2.05, 4.69) is 19.6 Å². The van der Waals surface area contributed by atoms with Crippen LogP contribution in [0, 0.1) is 5.92 Å². The van der Waals surface area contributed by atoms with Crippen molar-refractivity contribution in [2.45, 2.75) is 51.4 Å². The highest BCUT2D eigenvalue weighted by atomic mass is 28.3. The summed E-state index contributed by atoms with van der Waals surface area (Å²) in [5, 5.41) is 0. The minimum absolute atomic E-state index is 0.479. The Bertz CT molecular complexity index is 296. The fourth-order valence-corrected chi connectivity index (χ4v) is 4.29. The third-order valence-electron chi connectivity index (χ3n) is 3.35. The SMILES string of the molecule is C[Si](C)(C)CC1=C2CCCC2CC1=O. The Morgan fingerprint density at radius 1 is 1.36 bits per heavy atom.